The molecule has 0 unspecified atom stereocenters. The minimum absolute atomic E-state index is 0.0883. The minimum atomic E-state index is -0.460. The molecule has 4 nitrogen and oxygen atoms in total. The molecule has 0 heterocycles. The van der Waals surface area contributed by atoms with Crippen LogP contribution in [0.1, 0.15) is 22.6 Å². The first-order valence-electron chi connectivity index (χ1n) is 6.14. The van der Waals surface area contributed by atoms with Gasteiger partial charge in [0.25, 0.3) is 0 Å². The third-order valence-electron chi connectivity index (χ3n) is 3.16. The third kappa shape index (κ3) is 3.36. The molecule has 0 aliphatic heterocycles. The highest BCUT2D eigenvalue weighted by molar-refractivity contribution is 9.10. The van der Waals surface area contributed by atoms with Crippen molar-refractivity contribution in [1.82, 2.24) is 0 Å². The molecule has 0 amide bonds. The number of aryl methyl sites for hydroxylation is 1. The monoisotopic (exact) mass is 335 g/mol. The van der Waals surface area contributed by atoms with Crippen LogP contribution in [0.4, 0.5) is 0 Å². The van der Waals surface area contributed by atoms with E-state index in [-0.39, 0.29) is 17.2 Å². The quantitative estimate of drug-likeness (QED) is 0.681. The maximum Gasteiger partial charge on any atom is 0.214 e. The van der Waals surface area contributed by atoms with Crippen LogP contribution in [0.15, 0.2) is 46.9 Å². The second kappa shape index (κ2) is 6.05. The number of aromatic hydroxyl groups is 1. The smallest absolute Gasteiger partial charge is 0.214 e. The highest BCUT2D eigenvalue weighted by Crippen LogP contribution is 2.32. The summed E-state index contributed by atoms with van der Waals surface area (Å²) in [5.74, 6) is -0.372. The lowest BCUT2D eigenvalue weighted by molar-refractivity contribution is -0.481. The van der Waals surface area contributed by atoms with Crippen molar-refractivity contribution in [2.24, 2.45) is 0 Å². The molecule has 2 rings (SSSR count). The molecule has 2 aromatic rings. The molecular weight excluding hydrogens is 322 g/mol. The van der Waals surface area contributed by atoms with Crippen LogP contribution in [0, 0.1) is 17.0 Å². The van der Waals surface area contributed by atoms with E-state index in [0.717, 1.165) is 15.6 Å². The van der Waals surface area contributed by atoms with E-state index in [1.807, 2.05) is 31.2 Å². The molecule has 0 fully saturated rings. The number of halogens is 1. The Balaban J connectivity index is 2.49. The number of rotatable bonds is 4. The molecule has 104 valence electrons. The van der Waals surface area contributed by atoms with E-state index in [2.05, 4.69) is 15.9 Å². The molecule has 20 heavy (non-hydrogen) atoms. The zero-order valence-electron chi connectivity index (χ0n) is 10.9. The molecule has 1 N–H and O–H groups in total. The van der Waals surface area contributed by atoms with Gasteiger partial charge in [-0.1, -0.05) is 45.8 Å². The fourth-order valence-electron chi connectivity index (χ4n) is 2.18. The van der Waals surface area contributed by atoms with E-state index in [1.165, 1.54) is 0 Å². The van der Waals surface area contributed by atoms with E-state index < -0.39 is 5.92 Å². The van der Waals surface area contributed by atoms with Gasteiger partial charge in [0, 0.05) is 15.0 Å². The van der Waals surface area contributed by atoms with Crippen LogP contribution in [-0.2, 0) is 0 Å². The van der Waals surface area contributed by atoms with Crippen molar-refractivity contribution in [3.05, 3.63) is 73.7 Å². The summed E-state index contributed by atoms with van der Waals surface area (Å²) in [5, 5.41) is 20.9. The van der Waals surface area contributed by atoms with Gasteiger partial charge < -0.3 is 5.11 Å². The average molecular weight is 336 g/mol. The van der Waals surface area contributed by atoms with Crippen molar-refractivity contribution in [2.75, 3.05) is 6.54 Å². The minimum Gasteiger partial charge on any atom is -0.508 e. The lowest BCUT2D eigenvalue weighted by Crippen LogP contribution is -2.14. The van der Waals surface area contributed by atoms with Crippen molar-refractivity contribution in [1.29, 1.82) is 0 Å². The second-order valence-corrected chi connectivity index (χ2v) is 5.60. The lowest BCUT2D eigenvalue weighted by atomic mass is 9.90. The highest BCUT2D eigenvalue weighted by atomic mass is 79.9. The van der Waals surface area contributed by atoms with Gasteiger partial charge in [0.2, 0.25) is 6.54 Å². The maximum absolute atomic E-state index is 10.9. The zero-order valence-corrected chi connectivity index (χ0v) is 12.5. The molecule has 2 aromatic carbocycles. The molecule has 0 saturated carbocycles. The van der Waals surface area contributed by atoms with E-state index in [0.29, 0.717) is 5.56 Å². The summed E-state index contributed by atoms with van der Waals surface area (Å²) in [4.78, 5) is 10.6. The van der Waals surface area contributed by atoms with Crippen molar-refractivity contribution in [2.45, 2.75) is 12.8 Å². The fraction of sp³-hybridized carbons (Fsp3) is 0.200. The zero-order chi connectivity index (χ0) is 14.7. The number of phenols is 1. The van der Waals surface area contributed by atoms with Crippen molar-refractivity contribution < 1.29 is 10.0 Å². The molecule has 0 aromatic heterocycles. The van der Waals surface area contributed by atoms with E-state index in [9.17, 15) is 15.2 Å². The van der Waals surface area contributed by atoms with Gasteiger partial charge in [-0.15, -0.1) is 0 Å². The van der Waals surface area contributed by atoms with Crippen LogP contribution < -0.4 is 0 Å². The second-order valence-electron chi connectivity index (χ2n) is 4.68. The number of nitrogens with zero attached hydrogens (tertiary/aromatic N) is 1. The van der Waals surface area contributed by atoms with Gasteiger partial charge in [0.1, 0.15) is 5.75 Å². The Labute approximate surface area is 125 Å². The predicted molar refractivity (Wildman–Crippen MR) is 80.7 cm³/mol. The summed E-state index contributed by atoms with van der Waals surface area (Å²) in [5.41, 5.74) is 2.36. The molecule has 0 radical (unpaired) electrons. The Hall–Kier alpha value is -1.88. The summed E-state index contributed by atoms with van der Waals surface area (Å²) in [6.45, 7) is 1.65. The number of phenolic OH excluding ortho intramolecular Hbond substituents is 1. The van der Waals surface area contributed by atoms with Crippen LogP contribution in [0.2, 0.25) is 0 Å². The van der Waals surface area contributed by atoms with Gasteiger partial charge >= 0.3 is 0 Å². The van der Waals surface area contributed by atoms with Gasteiger partial charge in [-0.2, -0.15) is 0 Å². The summed E-state index contributed by atoms with van der Waals surface area (Å²) in [6.07, 6.45) is 0. The standard InChI is InChI=1S/C15H14BrNO3/c1-10-2-7-15(18)13(8-10)14(9-17(19)20)11-3-5-12(16)6-4-11/h2-8,14,18H,9H2,1H3/t14-/m0/s1. The van der Waals surface area contributed by atoms with Crippen molar-refractivity contribution in [3.8, 4) is 5.75 Å². The lowest BCUT2D eigenvalue weighted by Gasteiger charge is -2.16. The topological polar surface area (TPSA) is 63.4 Å². The molecule has 0 saturated heterocycles. The van der Waals surface area contributed by atoms with Gasteiger partial charge in [0.05, 0.1) is 5.92 Å². The molecule has 5 heteroatoms. The van der Waals surface area contributed by atoms with Crippen LogP contribution in [0.5, 0.6) is 5.75 Å². The first-order valence-corrected chi connectivity index (χ1v) is 6.93. The number of benzene rings is 2. The van der Waals surface area contributed by atoms with Gasteiger partial charge in [-0.25, -0.2) is 0 Å². The van der Waals surface area contributed by atoms with Crippen LogP contribution in [0.25, 0.3) is 0 Å². The Morgan fingerprint density at radius 2 is 1.90 bits per heavy atom. The largest absolute Gasteiger partial charge is 0.508 e. The van der Waals surface area contributed by atoms with Crippen LogP contribution in [0.3, 0.4) is 0 Å². The van der Waals surface area contributed by atoms with Gasteiger partial charge in [-0.3, -0.25) is 10.1 Å². The molecule has 0 aliphatic rings. The van der Waals surface area contributed by atoms with Crippen molar-refractivity contribution >= 4 is 15.9 Å². The number of hydrogen-bond acceptors (Lipinski definition) is 3. The van der Waals surface area contributed by atoms with E-state index >= 15 is 0 Å². The molecule has 0 spiro atoms. The average Bonchev–Trinajstić information content (AvgIpc) is 2.40. The van der Waals surface area contributed by atoms with Gasteiger partial charge in [-0.05, 0) is 30.7 Å². The van der Waals surface area contributed by atoms with E-state index in [4.69, 9.17) is 0 Å². The Morgan fingerprint density at radius 1 is 1.25 bits per heavy atom. The number of hydrogen-bond donors (Lipinski definition) is 1. The normalized spacial score (nSPS) is 12.1. The SMILES string of the molecule is Cc1ccc(O)c([C@@H](C[N+](=O)[O-])c2ccc(Br)cc2)c1. The third-order valence-corrected chi connectivity index (χ3v) is 3.69. The summed E-state index contributed by atoms with van der Waals surface area (Å²) < 4.78 is 0.912. The van der Waals surface area contributed by atoms with Crippen LogP contribution in [-0.4, -0.2) is 16.6 Å². The maximum atomic E-state index is 10.9. The van der Waals surface area contributed by atoms with Gasteiger partial charge in [0.15, 0.2) is 0 Å². The first-order chi connectivity index (χ1) is 9.47. The summed E-state index contributed by atoms with van der Waals surface area (Å²) in [6, 6.07) is 12.5. The summed E-state index contributed by atoms with van der Waals surface area (Å²) >= 11 is 3.34. The van der Waals surface area contributed by atoms with E-state index in [1.54, 1.807) is 18.2 Å². The molecule has 1 atom stereocenters. The Kier molecular flexibility index (Phi) is 4.39. The van der Waals surface area contributed by atoms with Crippen molar-refractivity contribution in [3.63, 3.8) is 0 Å². The Morgan fingerprint density at radius 3 is 2.50 bits per heavy atom. The first kappa shape index (κ1) is 14.5. The molecular formula is C15H14BrNO3. The Bertz CT molecular complexity index is 626. The molecule has 0 bridgehead atoms. The fourth-order valence-corrected chi connectivity index (χ4v) is 2.44. The molecule has 0 aliphatic carbocycles. The predicted octanol–water partition coefficient (Wildman–Crippen LogP) is 3.87. The number of nitro groups is 1. The van der Waals surface area contributed by atoms with Crippen LogP contribution >= 0.6 is 15.9 Å². The summed E-state index contributed by atoms with van der Waals surface area (Å²) in [7, 11) is 0. The highest BCUT2D eigenvalue weighted by Gasteiger charge is 2.23.